The lowest BCUT2D eigenvalue weighted by atomic mass is 9.84. The van der Waals surface area contributed by atoms with E-state index in [1.165, 1.54) is 22.9 Å². The standard InChI is InChI=1S/C27H24N2O2S/c30-26(31)21-16-17-25(29-20-21)28-18-19-32-27(22-10-4-1-5-11-22,23-12-6-2-7-13-23)24-14-8-3-9-15-24/h1-17,20H,18-19H2,(H,28,29)(H,30,31). The summed E-state index contributed by atoms with van der Waals surface area (Å²) in [5.74, 6) is 0.513. The molecule has 0 aliphatic carbocycles. The first-order valence-corrected chi connectivity index (χ1v) is 11.4. The van der Waals surface area contributed by atoms with Crippen LogP contribution in [-0.4, -0.2) is 28.4 Å². The van der Waals surface area contributed by atoms with E-state index >= 15 is 0 Å². The minimum Gasteiger partial charge on any atom is -0.478 e. The highest BCUT2D eigenvalue weighted by Gasteiger charge is 2.36. The van der Waals surface area contributed by atoms with Gasteiger partial charge in [-0.15, -0.1) is 11.8 Å². The molecule has 0 atom stereocenters. The third-order valence-corrected chi connectivity index (χ3v) is 6.83. The summed E-state index contributed by atoms with van der Waals surface area (Å²) in [5, 5.41) is 12.4. The van der Waals surface area contributed by atoms with Crippen LogP contribution in [0.4, 0.5) is 5.82 Å². The van der Waals surface area contributed by atoms with E-state index in [9.17, 15) is 4.79 Å². The molecule has 32 heavy (non-hydrogen) atoms. The second-order valence-corrected chi connectivity index (χ2v) is 8.60. The van der Waals surface area contributed by atoms with Gasteiger partial charge in [0.05, 0.1) is 10.3 Å². The lowest BCUT2D eigenvalue weighted by Gasteiger charge is -2.35. The second kappa shape index (κ2) is 10.2. The summed E-state index contributed by atoms with van der Waals surface area (Å²) >= 11 is 1.87. The Morgan fingerprint density at radius 1 is 0.781 bits per heavy atom. The summed E-state index contributed by atoms with van der Waals surface area (Å²) in [4.78, 5) is 15.2. The van der Waals surface area contributed by atoms with Crippen LogP contribution in [0, 0.1) is 0 Å². The molecule has 2 N–H and O–H groups in total. The van der Waals surface area contributed by atoms with Gasteiger partial charge in [0.2, 0.25) is 0 Å². The van der Waals surface area contributed by atoms with Crippen molar-refractivity contribution in [2.45, 2.75) is 4.75 Å². The Kier molecular flexibility index (Phi) is 6.87. The van der Waals surface area contributed by atoms with Crippen molar-refractivity contribution in [2.24, 2.45) is 0 Å². The molecule has 0 aliphatic heterocycles. The Morgan fingerprint density at radius 3 is 1.69 bits per heavy atom. The van der Waals surface area contributed by atoms with Crippen LogP contribution in [-0.2, 0) is 4.75 Å². The lowest BCUT2D eigenvalue weighted by molar-refractivity contribution is 0.0696. The van der Waals surface area contributed by atoms with E-state index in [1.54, 1.807) is 12.1 Å². The van der Waals surface area contributed by atoms with Crippen LogP contribution < -0.4 is 5.32 Å². The van der Waals surface area contributed by atoms with E-state index in [0.717, 1.165) is 5.75 Å². The molecule has 0 saturated heterocycles. The van der Waals surface area contributed by atoms with Crippen LogP contribution >= 0.6 is 11.8 Å². The molecule has 4 aromatic rings. The molecule has 160 valence electrons. The van der Waals surface area contributed by atoms with Gasteiger partial charge in [0.15, 0.2) is 0 Å². The number of aromatic nitrogens is 1. The van der Waals surface area contributed by atoms with Gasteiger partial charge in [-0.2, -0.15) is 0 Å². The molecule has 0 spiro atoms. The molecule has 0 amide bonds. The number of hydrogen-bond acceptors (Lipinski definition) is 4. The van der Waals surface area contributed by atoms with Crippen molar-refractivity contribution in [3.05, 3.63) is 132 Å². The van der Waals surface area contributed by atoms with Crippen LogP contribution in [0.2, 0.25) is 0 Å². The van der Waals surface area contributed by atoms with Gasteiger partial charge in [-0.25, -0.2) is 9.78 Å². The Morgan fingerprint density at radius 2 is 1.28 bits per heavy atom. The molecule has 4 nitrogen and oxygen atoms in total. The minimum absolute atomic E-state index is 0.182. The zero-order valence-electron chi connectivity index (χ0n) is 17.5. The summed E-state index contributed by atoms with van der Waals surface area (Å²) in [6.07, 6.45) is 1.38. The molecule has 1 aromatic heterocycles. The maximum atomic E-state index is 11.0. The van der Waals surface area contributed by atoms with E-state index in [4.69, 9.17) is 5.11 Å². The Labute approximate surface area is 192 Å². The van der Waals surface area contributed by atoms with E-state index in [1.807, 2.05) is 30.0 Å². The highest BCUT2D eigenvalue weighted by Crippen LogP contribution is 2.48. The fourth-order valence-electron chi connectivity index (χ4n) is 3.78. The van der Waals surface area contributed by atoms with Crippen molar-refractivity contribution in [1.29, 1.82) is 0 Å². The fourth-order valence-corrected chi connectivity index (χ4v) is 5.20. The first kappa shape index (κ1) is 21.7. The molecule has 3 aromatic carbocycles. The molecule has 0 aliphatic rings. The first-order chi connectivity index (χ1) is 15.7. The number of carboxylic acid groups (broad SMARTS) is 1. The summed E-state index contributed by atoms with van der Waals surface area (Å²) in [6.45, 7) is 0.693. The molecule has 1 heterocycles. The topological polar surface area (TPSA) is 62.2 Å². The van der Waals surface area contributed by atoms with Gasteiger partial charge in [0.25, 0.3) is 0 Å². The Bertz CT molecular complexity index is 1040. The molecule has 0 saturated carbocycles. The third kappa shape index (κ3) is 4.68. The van der Waals surface area contributed by atoms with Crippen molar-refractivity contribution in [1.82, 2.24) is 4.98 Å². The smallest absolute Gasteiger partial charge is 0.337 e. The Hall–Kier alpha value is -3.57. The van der Waals surface area contributed by atoms with Crippen LogP contribution in [0.3, 0.4) is 0 Å². The largest absolute Gasteiger partial charge is 0.478 e. The van der Waals surface area contributed by atoms with Gasteiger partial charge in [-0.05, 0) is 28.8 Å². The maximum Gasteiger partial charge on any atom is 0.337 e. The average Bonchev–Trinajstić information content (AvgIpc) is 2.86. The van der Waals surface area contributed by atoms with E-state index in [0.29, 0.717) is 12.4 Å². The first-order valence-electron chi connectivity index (χ1n) is 10.4. The minimum atomic E-state index is -0.974. The van der Waals surface area contributed by atoms with Crippen LogP contribution in [0.25, 0.3) is 0 Å². The number of thioether (sulfide) groups is 1. The van der Waals surface area contributed by atoms with E-state index < -0.39 is 5.97 Å². The highest BCUT2D eigenvalue weighted by atomic mass is 32.2. The average molecular weight is 441 g/mol. The number of nitrogens with zero attached hydrogens (tertiary/aromatic N) is 1. The van der Waals surface area contributed by atoms with Crippen LogP contribution in [0.1, 0.15) is 27.0 Å². The maximum absolute atomic E-state index is 11.0. The number of hydrogen-bond donors (Lipinski definition) is 2. The molecule has 5 heteroatoms. The fraction of sp³-hybridized carbons (Fsp3) is 0.111. The number of carbonyl (C=O) groups is 1. The summed E-state index contributed by atoms with van der Waals surface area (Å²) in [6, 6.07) is 35.0. The van der Waals surface area contributed by atoms with E-state index in [-0.39, 0.29) is 10.3 Å². The van der Waals surface area contributed by atoms with Crippen LogP contribution in [0.15, 0.2) is 109 Å². The van der Waals surface area contributed by atoms with Gasteiger partial charge in [0, 0.05) is 18.5 Å². The zero-order chi connectivity index (χ0) is 22.2. The second-order valence-electron chi connectivity index (χ2n) is 7.29. The lowest BCUT2D eigenvalue weighted by Crippen LogP contribution is -2.27. The van der Waals surface area contributed by atoms with E-state index in [2.05, 4.69) is 83.1 Å². The number of rotatable bonds is 9. The van der Waals surface area contributed by atoms with Crippen molar-refractivity contribution < 1.29 is 9.90 Å². The van der Waals surface area contributed by atoms with Crippen LogP contribution in [0.5, 0.6) is 0 Å². The zero-order valence-corrected chi connectivity index (χ0v) is 18.3. The molecule has 0 fully saturated rings. The highest BCUT2D eigenvalue weighted by molar-refractivity contribution is 8.00. The van der Waals surface area contributed by atoms with Gasteiger partial charge in [-0.1, -0.05) is 91.0 Å². The summed E-state index contributed by atoms with van der Waals surface area (Å²) in [5.41, 5.74) is 3.87. The number of nitrogens with one attached hydrogen (secondary N) is 1. The number of pyridine rings is 1. The van der Waals surface area contributed by atoms with Gasteiger partial charge in [0.1, 0.15) is 5.82 Å². The summed E-state index contributed by atoms with van der Waals surface area (Å²) < 4.78 is -0.355. The van der Waals surface area contributed by atoms with Crippen molar-refractivity contribution >= 4 is 23.5 Å². The number of benzene rings is 3. The molecule has 0 unspecified atom stereocenters. The predicted molar refractivity (Wildman–Crippen MR) is 131 cm³/mol. The SMILES string of the molecule is O=C(O)c1ccc(NCCSC(c2ccccc2)(c2ccccc2)c2ccccc2)nc1. The van der Waals surface area contributed by atoms with Gasteiger partial charge >= 0.3 is 5.97 Å². The number of aromatic carboxylic acids is 1. The normalized spacial score (nSPS) is 11.1. The molecule has 4 rings (SSSR count). The third-order valence-electron chi connectivity index (χ3n) is 5.28. The Balaban J connectivity index is 1.62. The van der Waals surface area contributed by atoms with Crippen molar-refractivity contribution in [2.75, 3.05) is 17.6 Å². The quantitative estimate of drug-likeness (QED) is 0.250. The van der Waals surface area contributed by atoms with Crippen molar-refractivity contribution in [3.8, 4) is 0 Å². The number of carboxylic acids is 1. The summed E-state index contributed by atoms with van der Waals surface area (Å²) in [7, 11) is 0. The molecular weight excluding hydrogens is 416 g/mol. The van der Waals surface area contributed by atoms with Gasteiger partial charge < -0.3 is 10.4 Å². The monoisotopic (exact) mass is 440 g/mol. The van der Waals surface area contributed by atoms with Crippen molar-refractivity contribution in [3.63, 3.8) is 0 Å². The number of anilines is 1. The predicted octanol–water partition coefficient (Wildman–Crippen LogP) is 5.92. The molecule has 0 radical (unpaired) electrons. The molecular formula is C27H24N2O2S. The van der Waals surface area contributed by atoms with Gasteiger partial charge in [-0.3, -0.25) is 0 Å². The molecule has 0 bridgehead atoms.